The van der Waals surface area contributed by atoms with E-state index in [2.05, 4.69) is 42.3 Å². The maximum absolute atomic E-state index is 12.1. The topological polar surface area (TPSA) is 50.8 Å². The first-order valence-corrected chi connectivity index (χ1v) is 9.52. The largest absolute Gasteiger partial charge is 0.484 e. The molecule has 0 saturated carbocycles. The lowest BCUT2D eigenvalue weighted by Gasteiger charge is -2.26. The Balaban J connectivity index is 1.47. The van der Waals surface area contributed by atoms with Crippen LogP contribution in [-0.2, 0) is 16.1 Å². The number of rotatable bonds is 7. The van der Waals surface area contributed by atoms with E-state index >= 15 is 0 Å². The van der Waals surface area contributed by atoms with Crippen LogP contribution in [0.5, 0.6) is 5.75 Å². The lowest BCUT2D eigenvalue weighted by atomic mass is 10.0. The van der Waals surface area contributed by atoms with Gasteiger partial charge >= 0.3 is 0 Å². The molecular formula is C22H28N2O3. The third kappa shape index (κ3) is 6.08. The maximum atomic E-state index is 12.1. The van der Waals surface area contributed by atoms with Gasteiger partial charge in [-0.2, -0.15) is 0 Å². The second kappa shape index (κ2) is 9.53. The molecule has 1 aliphatic heterocycles. The molecule has 0 radical (unpaired) electrons. The number of ether oxygens (including phenoxy) is 2. The van der Waals surface area contributed by atoms with Crippen LogP contribution < -0.4 is 10.1 Å². The zero-order chi connectivity index (χ0) is 19.1. The molecule has 1 saturated heterocycles. The number of nitrogens with one attached hydrogen (secondary N) is 1. The summed E-state index contributed by atoms with van der Waals surface area (Å²) in [5.74, 6) is 0.987. The van der Waals surface area contributed by atoms with E-state index in [0.717, 1.165) is 44.3 Å². The highest BCUT2D eigenvalue weighted by Crippen LogP contribution is 2.20. The first-order valence-electron chi connectivity index (χ1n) is 9.52. The van der Waals surface area contributed by atoms with E-state index < -0.39 is 0 Å². The molecular weight excluding hydrogens is 340 g/mol. The number of carbonyl (C=O) groups is 1. The van der Waals surface area contributed by atoms with Gasteiger partial charge in [-0.25, -0.2) is 0 Å². The van der Waals surface area contributed by atoms with Crippen LogP contribution >= 0.6 is 0 Å². The van der Waals surface area contributed by atoms with Gasteiger partial charge in [0.05, 0.1) is 13.2 Å². The molecule has 1 aliphatic rings. The molecule has 2 aromatic carbocycles. The zero-order valence-electron chi connectivity index (χ0n) is 16.1. The highest BCUT2D eigenvalue weighted by Gasteiger charge is 2.11. The minimum Gasteiger partial charge on any atom is -0.484 e. The first-order chi connectivity index (χ1) is 13.1. The van der Waals surface area contributed by atoms with Crippen molar-refractivity contribution < 1.29 is 14.3 Å². The number of nitrogens with zero attached hydrogens (tertiary/aromatic N) is 1. The van der Waals surface area contributed by atoms with Gasteiger partial charge in [-0.3, -0.25) is 9.69 Å². The molecule has 1 N–H and O–H groups in total. The lowest BCUT2D eigenvalue weighted by molar-refractivity contribution is -0.118. The van der Waals surface area contributed by atoms with E-state index in [-0.39, 0.29) is 12.5 Å². The Kier molecular flexibility index (Phi) is 6.85. The van der Waals surface area contributed by atoms with E-state index in [9.17, 15) is 4.79 Å². The normalized spacial score (nSPS) is 14.9. The molecule has 3 rings (SSSR count). The van der Waals surface area contributed by atoms with Crippen LogP contribution in [0.15, 0.2) is 48.5 Å². The van der Waals surface area contributed by atoms with Crippen LogP contribution in [0.25, 0.3) is 0 Å². The number of carbonyl (C=O) groups excluding carboxylic acids is 1. The molecule has 1 heterocycles. The van der Waals surface area contributed by atoms with Gasteiger partial charge in [0.2, 0.25) is 0 Å². The highest BCUT2D eigenvalue weighted by atomic mass is 16.5. The SMILES string of the molecule is CC(C)c1cccc(OCC(=O)Nc2ccc(CN3CCOCC3)cc2)c1. The average Bonchev–Trinajstić information content (AvgIpc) is 2.69. The molecule has 5 nitrogen and oxygen atoms in total. The van der Waals surface area contributed by atoms with Gasteiger partial charge < -0.3 is 14.8 Å². The van der Waals surface area contributed by atoms with Crippen molar-refractivity contribution in [3.63, 3.8) is 0 Å². The summed E-state index contributed by atoms with van der Waals surface area (Å²) in [6.07, 6.45) is 0. The number of hydrogen-bond acceptors (Lipinski definition) is 4. The van der Waals surface area contributed by atoms with Crippen molar-refractivity contribution in [3.8, 4) is 5.75 Å². The summed E-state index contributed by atoms with van der Waals surface area (Å²) in [5, 5.41) is 2.88. The van der Waals surface area contributed by atoms with Crippen molar-refractivity contribution >= 4 is 11.6 Å². The van der Waals surface area contributed by atoms with Crippen molar-refractivity contribution in [1.82, 2.24) is 4.90 Å². The summed E-state index contributed by atoms with van der Waals surface area (Å²) in [7, 11) is 0. The molecule has 5 heteroatoms. The van der Waals surface area contributed by atoms with Crippen molar-refractivity contribution in [2.75, 3.05) is 38.2 Å². The van der Waals surface area contributed by atoms with Crippen LogP contribution in [0.4, 0.5) is 5.69 Å². The fourth-order valence-corrected chi connectivity index (χ4v) is 3.02. The van der Waals surface area contributed by atoms with Gasteiger partial charge in [-0.1, -0.05) is 38.1 Å². The minimum absolute atomic E-state index is 0.00290. The monoisotopic (exact) mass is 368 g/mol. The minimum atomic E-state index is -0.161. The predicted molar refractivity (Wildman–Crippen MR) is 107 cm³/mol. The Morgan fingerprint density at radius 1 is 1.15 bits per heavy atom. The number of amides is 1. The second-order valence-corrected chi connectivity index (χ2v) is 7.15. The Bertz CT molecular complexity index is 737. The molecule has 0 unspecified atom stereocenters. The summed E-state index contributed by atoms with van der Waals surface area (Å²) in [6, 6.07) is 15.9. The molecule has 0 aromatic heterocycles. The van der Waals surface area contributed by atoms with Gasteiger partial charge in [0.25, 0.3) is 5.91 Å². The third-order valence-electron chi connectivity index (χ3n) is 4.64. The highest BCUT2D eigenvalue weighted by molar-refractivity contribution is 5.91. The average molecular weight is 368 g/mol. The molecule has 0 spiro atoms. The van der Waals surface area contributed by atoms with E-state index in [1.807, 2.05) is 30.3 Å². The van der Waals surface area contributed by atoms with Crippen LogP contribution in [0.2, 0.25) is 0 Å². The molecule has 0 aliphatic carbocycles. The Labute approximate surface area is 161 Å². The van der Waals surface area contributed by atoms with E-state index in [4.69, 9.17) is 9.47 Å². The number of benzene rings is 2. The zero-order valence-corrected chi connectivity index (χ0v) is 16.1. The smallest absolute Gasteiger partial charge is 0.262 e. The summed E-state index contributed by atoms with van der Waals surface area (Å²) < 4.78 is 11.0. The first kappa shape index (κ1) is 19.4. The molecule has 2 aromatic rings. The van der Waals surface area contributed by atoms with E-state index in [0.29, 0.717) is 5.92 Å². The summed E-state index contributed by atoms with van der Waals surface area (Å²) in [5.41, 5.74) is 3.21. The standard InChI is InChI=1S/C22H28N2O3/c1-17(2)19-4-3-5-21(14-19)27-16-22(25)23-20-8-6-18(7-9-20)15-24-10-12-26-13-11-24/h3-9,14,17H,10-13,15-16H2,1-2H3,(H,23,25). The molecule has 1 amide bonds. The number of anilines is 1. The fraction of sp³-hybridized carbons (Fsp3) is 0.409. The quantitative estimate of drug-likeness (QED) is 0.810. The van der Waals surface area contributed by atoms with Crippen molar-refractivity contribution in [2.24, 2.45) is 0 Å². The predicted octanol–water partition coefficient (Wildman–Crippen LogP) is 3.66. The number of morpholine rings is 1. The molecule has 1 fully saturated rings. The molecule has 0 bridgehead atoms. The number of hydrogen-bond donors (Lipinski definition) is 1. The molecule has 0 atom stereocenters. The third-order valence-corrected chi connectivity index (χ3v) is 4.64. The molecule has 27 heavy (non-hydrogen) atoms. The molecule has 144 valence electrons. The van der Waals surface area contributed by atoms with Crippen molar-refractivity contribution in [1.29, 1.82) is 0 Å². The summed E-state index contributed by atoms with van der Waals surface area (Å²) >= 11 is 0. The van der Waals surface area contributed by atoms with Crippen LogP contribution in [0, 0.1) is 0 Å². The van der Waals surface area contributed by atoms with Gasteiger partial charge in [0, 0.05) is 25.3 Å². The van der Waals surface area contributed by atoms with Gasteiger partial charge in [-0.15, -0.1) is 0 Å². The van der Waals surface area contributed by atoms with Gasteiger partial charge in [-0.05, 0) is 41.3 Å². The summed E-state index contributed by atoms with van der Waals surface area (Å²) in [6.45, 7) is 8.71. The second-order valence-electron chi connectivity index (χ2n) is 7.15. The Hall–Kier alpha value is -2.37. The van der Waals surface area contributed by atoms with Gasteiger partial charge in [0.1, 0.15) is 5.75 Å². The van der Waals surface area contributed by atoms with Crippen molar-refractivity contribution in [3.05, 3.63) is 59.7 Å². The van der Waals surface area contributed by atoms with E-state index in [1.54, 1.807) is 0 Å². The summed E-state index contributed by atoms with van der Waals surface area (Å²) in [4.78, 5) is 14.5. The Morgan fingerprint density at radius 2 is 1.89 bits per heavy atom. The Morgan fingerprint density at radius 3 is 2.59 bits per heavy atom. The van der Waals surface area contributed by atoms with E-state index in [1.165, 1.54) is 11.1 Å². The maximum Gasteiger partial charge on any atom is 0.262 e. The van der Waals surface area contributed by atoms with Crippen LogP contribution in [0.1, 0.15) is 30.9 Å². The van der Waals surface area contributed by atoms with Gasteiger partial charge in [0.15, 0.2) is 6.61 Å². The fourth-order valence-electron chi connectivity index (χ4n) is 3.02. The van der Waals surface area contributed by atoms with Crippen molar-refractivity contribution in [2.45, 2.75) is 26.3 Å². The lowest BCUT2D eigenvalue weighted by Crippen LogP contribution is -2.35. The van der Waals surface area contributed by atoms with Crippen LogP contribution in [-0.4, -0.2) is 43.7 Å². The van der Waals surface area contributed by atoms with Crippen LogP contribution in [0.3, 0.4) is 0 Å².